The van der Waals surface area contributed by atoms with Gasteiger partial charge in [-0.3, -0.25) is 14.9 Å². The first-order valence-corrected chi connectivity index (χ1v) is 8.53. The van der Waals surface area contributed by atoms with E-state index in [4.69, 9.17) is 10.00 Å². The lowest BCUT2D eigenvalue weighted by molar-refractivity contribution is -0.384. The van der Waals surface area contributed by atoms with Gasteiger partial charge in [0.05, 0.1) is 16.2 Å². The van der Waals surface area contributed by atoms with E-state index >= 15 is 0 Å². The summed E-state index contributed by atoms with van der Waals surface area (Å²) in [7, 11) is 0. The highest BCUT2D eigenvalue weighted by Crippen LogP contribution is 2.27. The highest BCUT2D eigenvalue weighted by molar-refractivity contribution is 7.20. The van der Waals surface area contributed by atoms with Crippen molar-refractivity contribution in [1.82, 2.24) is 0 Å². The van der Waals surface area contributed by atoms with Crippen molar-refractivity contribution in [2.45, 2.75) is 0 Å². The monoisotopic (exact) mass is 399 g/mol. The molecule has 3 rings (SSSR count). The average molecular weight is 399 g/mol. The van der Waals surface area contributed by atoms with E-state index in [-0.39, 0.29) is 21.8 Å². The SMILES string of the molecule is N#Cc1cc([N+](=O)[O-])ccc1NC(=O)COC(=O)c1cc2cc(F)ccc2s1. The molecule has 0 bridgehead atoms. The topological polar surface area (TPSA) is 122 Å². The van der Waals surface area contributed by atoms with E-state index in [0.29, 0.717) is 10.1 Å². The quantitative estimate of drug-likeness (QED) is 0.397. The molecule has 1 amide bonds. The number of rotatable bonds is 5. The van der Waals surface area contributed by atoms with Crippen LogP contribution in [-0.2, 0) is 9.53 Å². The minimum atomic E-state index is -0.749. The zero-order valence-corrected chi connectivity index (χ0v) is 14.8. The first kappa shape index (κ1) is 18.9. The van der Waals surface area contributed by atoms with Crippen molar-refractivity contribution in [2.75, 3.05) is 11.9 Å². The molecule has 0 unspecified atom stereocenters. The van der Waals surface area contributed by atoms with Crippen molar-refractivity contribution in [2.24, 2.45) is 0 Å². The number of nitro benzene ring substituents is 1. The molecule has 0 saturated carbocycles. The van der Waals surface area contributed by atoms with Crippen molar-refractivity contribution in [1.29, 1.82) is 5.26 Å². The second-order valence-electron chi connectivity index (χ2n) is 5.52. The number of nitro groups is 1. The standard InChI is InChI=1S/C18H10FN3O5S/c19-12-1-4-15-10(5-12)7-16(28-15)18(24)27-9-17(23)21-14-3-2-13(22(25)26)6-11(14)8-20/h1-7H,9H2,(H,21,23). The highest BCUT2D eigenvalue weighted by atomic mass is 32.1. The summed E-state index contributed by atoms with van der Waals surface area (Å²) in [5.74, 6) is -1.90. The van der Waals surface area contributed by atoms with Gasteiger partial charge in [0, 0.05) is 16.8 Å². The number of carbonyl (C=O) groups is 2. The molecule has 8 nitrogen and oxygen atoms in total. The summed E-state index contributed by atoms with van der Waals surface area (Å²) >= 11 is 1.10. The number of nitriles is 1. The molecule has 2 aromatic carbocycles. The van der Waals surface area contributed by atoms with Crippen LogP contribution in [0.25, 0.3) is 10.1 Å². The number of thiophene rings is 1. The molecule has 1 heterocycles. The Kier molecular flexibility index (Phi) is 5.28. The third-order valence-electron chi connectivity index (χ3n) is 3.62. The van der Waals surface area contributed by atoms with Crippen molar-refractivity contribution >= 4 is 44.7 Å². The van der Waals surface area contributed by atoms with Gasteiger partial charge in [0.25, 0.3) is 11.6 Å². The van der Waals surface area contributed by atoms with Crippen molar-refractivity contribution in [3.8, 4) is 6.07 Å². The molecular formula is C18H10FN3O5S. The van der Waals surface area contributed by atoms with Gasteiger partial charge in [-0.25, -0.2) is 9.18 Å². The van der Waals surface area contributed by atoms with Crippen molar-refractivity contribution < 1.29 is 23.6 Å². The van der Waals surface area contributed by atoms with E-state index in [9.17, 15) is 24.1 Å². The van der Waals surface area contributed by atoms with Crippen LogP contribution < -0.4 is 5.32 Å². The largest absolute Gasteiger partial charge is 0.451 e. The molecule has 0 aliphatic rings. The van der Waals surface area contributed by atoms with E-state index in [0.717, 1.165) is 23.5 Å². The number of halogens is 1. The van der Waals surface area contributed by atoms with E-state index in [1.807, 2.05) is 0 Å². The van der Waals surface area contributed by atoms with Crippen LogP contribution in [0, 0.1) is 27.3 Å². The molecular weight excluding hydrogens is 389 g/mol. The Bertz CT molecular complexity index is 1150. The van der Waals surface area contributed by atoms with Crippen LogP contribution in [-0.4, -0.2) is 23.4 Å². The summed E-state index contributed by atoms with van der Waals surface area (Å²) in [6.45, 7) is -0.622. The number of hydrogen-bond acceptors (Lipinski definition) is 7. The summed E-state index contributed by atoms with van der Waals surface area (Å²) in [6.07, 6.45) is 0. The lowest BCUT2D eigenvalue weighted by atomic mass is 10.1. The number of non-ortho nitro benzene ring substituents is 1. The number of amides is 1. The first-order chi connectivity index (χ1) is 13.4. The van der Waals surface area contributed by atoms with Crippen LogP contribution in [0.3, 0.4) is 0 Å². The summed E-state index contributed by atoms with van der Waals surface area (Å²) in [6, 6.07) is 10.7. The maximum atomic E-state index is 13.2. The minimum Gasteiger partial charge on any atom is -0.451 e. The van der Waals surface area contributed by atoms with Crippen LogP contribution in [0.4, 0.5) is 15.8 Å². The Morgan fingerprint density at radius 3 is 2.75 bits per heavy atom. The van der Waals surface area contributed by atoms with Gasteiger partial charge in [-0.05, 0) is 35.7 Å². The first-order valence-electron chi connectivity index (χ1n) is 7.72. The molecule has 140 valence electrons. The van der Waals surface area contributed by atoms with Crippen LogP contribution in [0.1, 0.15) is 15.2 Å². The van der Waals surface area contributed by atoms with Crippen LogP contribution >= 0.6 is 11.3 Å². The molecule has 0 saturated heterocycles. The molecule has 0 atom stereocenters. The van der Waals surface area contributed by atoms with Gasteiger partial charge < -0.3 is 10.1 Å². The second kappa shape index (κ2) is 7.81. The summed E-state index contributed by atoms with van der Waals surface area (Å²) in [5, 5.41) is 22.7. The normalized spacial score (nSPS) is 10.3. The Morgan fingerprint density at radius 2 is 2.04 bits per heavy atom. The second-order valence-corrected chi connectivity index (χ2v) is 6.60. The number of nitrogens with one attached hydrogen (secondary N) is 1. The van der Waals surface area contributed by atoms with Crippen LogP contribution in [0.2, 0.25) is 0 Å². The summed E-state index contributed by atoms with van der Waals surface area (Å²) in [4.78, 5) is 34.3. The number of carbonyl (C=O) groups excluding carboxylic acids is 2. The smallest absolute Gasteiger partial charge is 0.348 e. The number of benzene rings is 2. The van der Waals surface area contributed by atoms with E-state index in [1.165, 1.54) is 30.3 Å². The lowest BCUT2D eigenvalue weighted by Crippen LogP contribution is -2.21. The predicted octanol–water partition coefficient (Wildman–Crippen LogP) is 3.62. The average Bonchev–Trinajstić information content (AvgIpc) is 3.09. The number of ether oxygens (including phenoxy) is 1. The minimum absolute atomic E-state index is 0.0616. The fourth-order valence-corrected chi connectivity index (χ4v) is 3.29. The van der Waals surface area contributed by atoms with Crippen LogP contribution in [0.15, 0.2) is 42.5 Å². The third-order valence-corrected chi connectivity index (χ3v) is 4.72. The number of esters is 1. The number of anilines is 1. The zero-order valence-electron chi connectivity index (χ0n) is 14.0. The maximum Gasteiger partial charge on any atom is 0.348 e. The fraction of sp³-hybridized carbons (Fsp3) is 0.0556. The van der Waals surface area contributed by atoms with Gasteiger partial charge in [0.15, 0.2) is 6.61 Å². The molecule has 0 aliphatic heterocycles. The van der Waals surface area contributed by atoms with E-state index in [2.05, 4.69) is 5.32 Å². The molecule has 0 spiro atoms. The molecule has 1 N–H and O–H groups in total. The number of hydrogen-bond donors (Lipinski definition) is 1. The lowest BCUT2D eigenvalue weighted by Gasteiger charge is -2.07. The Morgan fingerprint density at radius 1 is 1.25 bits per heavy atom. The number of fused-ring (bicyclic) bond motifs is 1. The van der Waals surface area contributed by atoms with Gasteiger partial charge >= 0.3 is 5.97 Å². The van der Waals surface area contributed by atoms with E-state index in [1.54, 1.807) is 6.07 Å². The highest BCUT2D eigenvalue weighted by Gasteiger charge is 2.16. The van der Waals surface area contributed by atoms with Crippen LogP contribution in [0.5, 0.6) is 0 Å². The summed E-state index contributed by atoms with van der Waals surface area (Å²) < 4.78 is 18.8. The van der Waals surface area contributed by atoms with Gasteiger partial charge in [-0.15, -0.1) is 11.3 Å². The molecule has 0 aliphatic carbocycles. The molecule has 0 fully saturated rings. The third kappa shape index (κ3) is 4.11. The molecule has 0 radical (unpaired) electrons. The predicted molar refractivity (Wildman–Crippen MR) is 98.5 cm³/mol. The fourth-order valence-electron chi connectivity index (χ4n) is 2.35. The molecule has 28 heavy (non-hydrogen) atoms. The maximum absolute atomic E-state index is 13.2. The Balaban J connectivity index is 1.64. The zero-order chi connectivity index (χ0) is 20.3. The van der Waals surface area contributed by atoms with Gasteiger partial charge in [0.2, 0.25) is 0 Å². The number of nitrogens with zero attached hydrogens (tertiary/aromatic N) is 2. The Labute approximate surface area is 160 Å². The molecule has 10 heteroatoms. The Hall–Kier alpha value is -3.84. The van der Waals surface area contributed by atoms with Gasteiger partial charge in [-0.2, -0.15) is 5.26 Å². The molecule has 3 aromatic rings. The van der Waals surface area contributed by atoms with Crippen molar-refractivity contribution in [3.05, 3.63) is 68.8 Å². The van der Waals surface area contributed by atoms with Gasteiger partial charge in [-0.1, -0.05) is 0 Å². The van der Waals surface area contributed by atoms with Crippen molar-refractivity contribution in [3.63, 3.8) is 0 Å². The molecule has 1 aromatic heterocycles. The van der Waals surface area contributed by atoms with E-state index < -0.39 is 29.2 Å². The summed E-state index contributed by atoms with van der Waals surface area (Å²) in [5.41, 5.74) is -0.325. The van der Waals surface area contributed by atoms with Gasteiger partial charge in [0.1, 0.15) is 16.8 Å².